The van der Waals surface area contributed by atoms with E-state index in [0.29, 0.717) is 39.3 Å². The average molecular weight is 630 g/mol. The van der Waals surface area contributed by atoms with Crippen molar-refractivity contribution in [3.05, 3.63) is 87.9 Å². The summed E-state index contributed by atoms with van der Waals surface area (Å²) in [5, 5.41) is 1.88. The molecule has 3 aromatic rings. The molecule has 0 aliphatic carbocycles. The number of rotatable bonds is 15. The molecule has 0 unspecified atom stereocenters. The highest BCUT2D eigenvalue weighted by atomic mass is 32.2. The number of ether oxygens (including phenoxy) is 3. The fourth-order valence-electron chi connectivity index (χ4n) is 4.28. The van der Waals surface area contributed by atoms with Crippen LogP contribution in [0.4, 0.5) is 4.79 Å². The van der Waals surface area contributed by atoms with E-state index < -0.39 is 27.7 Å². The fraction of sp³-hybridized carbons (Fsp3) is 0.333. The van der Waals surface area contributed by atoms with Gasteiger partial charge in [0.25, 0.3) is 5.91 Å². The van der Waals surface area contributed by atoms with Crippen molar-refractivity contribution < 1.29 is 37.0 Å². The third kappa shape index (κ3) is 8.64. The van der Waals surface area contributed by atoms with E-state index in [0.717, 1.165) is 36.0 Å². The number of methoxy groups -OCH3 is 3. The summed E-state index contributed by atoms with van der Waals surface area (Å²) in [6.45, 7) is 5.40. The first-order chi connectivity index (χ1) is 20.5. The van der Waals surface area contributed by atoms with Gasteiger partial charge in [0.15, 0.2) is 5.78 Å². The highest BCUT2D eigenvalue weighted by molar-refractivity contribution is 7.90. The Labute approximate surface area is 255 Å². The first kappa shape index (κ1) is 33.3. The molecule has 0 spiro atoms. The van der Waals surface area contributed by atoms with Gasteiger partial charge >= 0.3 is 6.09 Å². The monoisotopic (exact) mass is 629 g/mol. The summed E-state index contributed by atoms with van der Waals surface area (Å²) in [4.78, 5) is 44.6. The van der Waals surface area contributed by atoms with Crippen LogP contribution < -0.4 is 9.47 Å². The van der Waals surface area contributed by atoms with E-state index in [4.69, 9.17) is 9.47 Å². The third-order valence-electron chi connectivity index (χ3n) is 6.51. The largest absolute Gasteiger partial charge is 0.496 e. The minimum absolute atomic E-state index is 0.0812. The maximum absolute atomic E-state index is 13.8. The van der Waals surface area contributed by atoms with Crippen LogP contribution in [0.2, 0.25) is 0 Å². The number of carbonyl (C=O) groups is 3. The molecule has 0 aliphatic heterocycles. The number of Topliss-reactive ketones (excluding diaryl/α,β-unsaturated/α-hetero) is 1. The molecule has 11 nitrogen and oxygen atoms in total. The van der Waals surface area contributed by atoms with Gasteiger partial charge in [0.1, 0.15) is 28.0 Å². The van der Waals surface area contributed by atoms with Crippen LogP contribution in [0.1, 0.15) is 43.4 Å². The molecule has 0 saturated carbocycles. The third-order valence-corrected chi connectivity index (χ3v) is 8.94. The van der Waals surface area contributed by atoms with Gasteiger partial charge in [-0.25, -0.2) is 22.5 Å². The van der Waals surface area contributed by atoms with Gasteiger partial charge < -0.3 is 19.1 Å². The van der Waals surface area contributed by atoms with Gasteiger partial charge in [0, 0.05) is 23.1 Å². The van der Waals surface area contributed by atoms with Crippen LogP contribution >= 0.6 is 11.3 Å². The Balaban J connectivity index is 1.84. The van der Waals surface area contributed by atoms with Gasteiger partial charge in [0.2, 0.25) is 10.0 Å². The lowest BCUT2D eigenvalue weighted by atomic mass is 10.1. The van der Waals surface area contributed by atoms with Crippen molar-refractivity contribution in [2.75, 3.05) is 40.2 Å². The van der Waals surface area contributed by atoms with Crippen LogP contribution in [-0.4, -0.2) is 80.6 Å². The minimum atomic E-state index is -4.35. The van der Waals surface area contributed by atoms with Gasteiger partial charge in [-0.3, -0.25) is 9.59 Å². The van der Waals surface area contributed by atoms with E-state index in [2.05, 4.69) is 16.3 Å². The molecule has 0 saturated heterocycles. The zero-order valence-electron chi connectivity index (χ0n) is 24.6. The Hall–Kier alpha value is -4.23. The molecule has 2 aromatic carbocycles. The summed E-state index contributed by atoms with van der Waals surface area (Å²) < 4.78 is 41.4. The van der Waals surface area contributed by atoms with Gasteiger partial charge in [-0.15, -0.1) is 17.9 Å². The van der Waals surface area contributed by atoms with Gasteiger partial charge in [-0.2, -0.15) is 0 Å². The number of carbonyl (C=O) groups excluding carboxylic acids is 3. The van der Waals surface area contributed by atoms with Crippen molar-refractivity contribution in [2.45, 2.75) is 26.3 Å². The molecule has 230 valence electrons. The summed E-state index contributed by atoms with van der Waals surface area (Å²) >= 11 is 1.13. The molecule has 0 atom stereocenters. The smallest absolute Gasteiger partial charge is 0.423 e. The molecule has 1 heterocycles. The van der Waals surface area contributed by atoms with Gasteiger partial charge in [-0.05, 0) is 37.5 Å². The van der Waals surface area contributed by atoms with Crippen molar-refractivity contribution in [3.63, 3.8) is 0 Å². The first-order valence-electron chi connectivity index (χ1n) is 13.3. The lowest BCUT2D eigenvalue weighted by molar-refractivity contribution is 0.0740. The number of nitrogens with zero attached hydrogens (tertiary/aromatic N) is 3. The first-order valence-corrected chi connectivity index (χ1v) is 15.8. The predicted octanol–water partition coefficient (Wildman–Crippen LogP) is 4.51. The number of amides is 2. The highest BCUT2D eigenvalue weighted by Crippen LogP contribution is 2.30. The zero-order valence-corrected chi connectivity index (χ0v) is 26.2. The van der Waals surface area contributed by atoms with Crippen molar-refractivity contribution in [1.82, 2.24) is 14.2 Å². The molecule has 0 aliphatic rings. The van der Waals surface area contributed by atoms with Crippen LogP contribution in [0, 0.1) is 6.92 Å². The topological polar surface area (TPSA) is 132 Å². The predicted molar refractivity (Wildman–Crippen MR) is 163 cm³/mol. The second kappa shape index (κ2) is 15.3. The van der Waals surface area contributed by atoms with E-state index in [1.807, 2.05) is 37.3 Å². The van der Waals surface area contributed by atoms with Crippen molar-refractivity contribution in [1.29, 1.82) is 0 Å². The number of sulfonamides is 1. The van der Waals surface area contributed by atoms with Crippen molar-refractivity contribution >= 4 is 39.1 Å². The summed E-state index contributed by atoms with van der Waals surface area (Å²) in [6, 6.07) is 13.2. The van der Waals surface area contributed by atoms with Crippen LogP contribution in [0.15, 0.2) is 60.5 Å². The summed E-state index contributed by atoms with van der Waals surface area (Å²) in [5.41, 5.74) is 2.17. The normalized spacial score (nSPS) is 11.0. The number of ketones is 1. The minimum Gasteiger partial charge on any atom is -0.496 e. The van der Waals surface area contributed by atoms with Gasteiger partial charge in [0.05, 0.1) is 34.4 Å². The molecule has 3 rings (SSSR count). The molecular formula is C30H35N3O8S2. The molecule has 0 bridgehead atoms. The Bertz CT molecular complexity index is 1530. The lowest BCUT2D eigenvalue weighted by Gasteiger charge is -2.23. The number of aryl methyl sites for hydroxylation is 1. The van der Waals surface area contributed by atoms with Crippen molar-refractivity contribution in [2.24, 2.45) is 0 Å². The van der Waals surface area contributed by atoms with Crippen LogP contribution in [0.25, 0.3) is 0 Å². The average Bonchev–Trinajstić information content (AvgIpc) is 3.48. The summed E-state index contributed by atoms with van der Waals surface area (Å²) in [6.07, 6.45) is 1.49. The SMILES string of the molecule is C=CCN(C(=O)OC)S(=O)(=O)CC(=O)c1csc(CN(CCCc2ccccc2)C(=O)c2cc(OC)c(C)c(OC)c2)n1. The molecule has 2 amide bonds. The Morgan fingerprint density at radius 1 is 1.05 bits per heavy atom. The van der Waals surface area contributed by atoms with E-state index in [1.54, 1.807) is 17.0 Å². The second-order valence-corrected chi connectivity index (χ2v) is 12.3. The quantitative estimate of drug-likeness (QED) is 0.176. The molecule has 43 heavy (non-hydrogen) atoms. The standard InChI is InChI=1S/C30H35N3O8S2/c1-6-14-33(30(36)41-5)43(37,38)20-25(34)24-19-42-28(31-24)18-32(15-10-13-22-11-8-7-9-12-22)29(35)23-16-26(39-3)21(2)27(17-23)40-4/h6-9,11-12,16-17,19H,1,10,13-15,18,20H2,2-5H3. The molecule has 0 N–H and O–H groups in total. The molecule has 13 heteroatoms. The zero-order chi connectivity index (χ0) is 31.6. The lowest BCUT2D eigenvalue weighted by Crippen LogP contribution is -2.40. The Kier molecular flexibility index (Phi) is 11.8. The highest BCUT2D eigenvalue weighted by Gasteiger charge is 2.31. The van der Waals surface area contributed by atoms with E-state index in [9.17, 15) is 22.8 Å². The molecule has 0 fully saturated rings. The van der Waals surface area contributed by atoms with Crippen LogP contribution in [-0.2, 0) is 27.7 Å². The molecule has 0 radical (unpaired) electrons. The summed E-state index contributed by atoms with van der Waals surface area (Å²) in [7, 11) is -0.272. The number of aromatic nitrogens is 1. The van der Waals surface area contributed by atoms with Gasteiger partial charge in [-0.1, -0.05) is 36.4 Å². The number of hydrogen-bond donors (Lipinski definition) is 0. The second-order valence-electron chi connectivity index (χ2n) is 9.42. The maximum atomic E-state index is 13.8. The number of thiazole rings is 1. The van der Waals surface area contributed by atoms with Crippen LogP contribution in [0.3, 0.4) is 0 Å². The van der Waals surface area contributed by atoms with Crippen molar-refractivity contribution in [3.8, 4) is 11.5 Å². The van der Waals surface area contributed by atoms with Crippen LogP contribution in [0.5, 0.6) is 11.5 Å². The molecule has 1 aromatic heterocycles. The Morgan fingerprint density at radius 3 is 2.28 bits per heavy atom. The molecular weight excluding hydrogens is 594 g/mol. The summed E-state index contributed by atoms with van der Waals surface area (Å²) in [5.74, 6) is -1.05. The van der Waals surface area contributed by atoms with E-state index in [-0.39, 0.29) is 24.7 Å². The Morgan fingerprint density at radius 2 is 1.70 bits per heavy atom. The van der Waals surface area contributed by atoms with E-state index >= 15 is 0 Å². The fourth-order valence-corrected chi connectivity index (χ4v) is 6.36. The van der Waals surface area contributed by atoms with E-state index in [1.165, 1.54) is 25.7 Å². The number of hydrogen-bond acceptors (Lipinski definition) is 10. The number of benzene rings is 2. The maximum Gasteiger partial charge on any atom is 0.423 e.